The minimum absolute atomic E-state index is 0.162. The fourth-order valence-electron chi connectivity index (χ4n) is 1.04. The van der Waals surface area contributed by atoms with E-state index in [-0.39, 0.29) is 5.60 Å². The Hall–Kier alpha value is -0.0800. The first-order valence-electron chi connectivity index (χ1n) is 4.11. The van der Waals surface area contributed by atoms with Crippen LogP contribution in [0, 0.1) is 0 Å². The second-order valence-corrected chi connectivity index (χ2v) is 3.26. The van der Waals surface area contributed by atoms with Crippen molar-refractivity contribution in [1.82, 2.24) is 5.32 Å². The second kappa shape index (κ2) is 3.35. The van der Waals surface area contributed by atoms with Crippen LogP contribution in [0.5, 0.6) is 0 Å². The van der Waals surface area contributed by atoms with Crippen LogP contribution in [0.25, 0.3) is 0 Å². The molecule has 0 spiro atoms. The van der Waals surface area contributed by atoms with Gasteiger partial charge in [0.1, 0.15) is 0 Å². The molecule has 0 atom stereocenters. The van der Waals surface area contributed by atoms with Gasteiger partial charge in [0.25, 0.3) is 0 Å². The molecule has 1 aliphatic heterocycles. The van der Waals surface area contributed by atoms with Crippen LogP contribution in [0.4, 0.5) is 0 Å². The van der Waals surface area contributed by atoms with E-state index in [0.29, 0.717) is 0 Å². The molecule has 0 aromatic carbocycles. The van der Waals surface area contributed by atoms with Crippen molar-refractivity contribution in [3.63, 3.8) is 0 Å². The van der Waals surface area contributed by atoms with E-state index in [4.69, 9.17) is 4.74 Å². The SMILES string of the molecule is CCCCOC1(C)CNC1. The lowest BCUT2D eigenvalue weighted by Crippen LogP contribution is -2.59. The molecule has 1 fully saturated rings. The number of rotatable bonds is 4. The lowest BCUT2D eigenvalue weighted by molar-refractivity contribution is -0.0673. The van der Waals surface area contributed by atoms with Crippen molar-refractivity contribution < 1.29 is 4.74 Å². The highest BCUT2D eigenvalue weighted by Gasteiger charge is 2.31. The van der Waals surface area contributed by atoms with Crippen molar-refractivity contribution in [3.05, 3.63) is 0 Å². The Morgan fingerprint density at radius 1 is 1.50 bits per heavy atom. The third kappa shape index (κ3) is 1.96. The van der Waals surface area contributed by atoms with Crippen LogP contribution in [-0.4, -0.2) is 25.3 Å². The predicted molar refractivity (Wildman–Crippen MR) is 42.1 cm³/mol. The van der Waals surface area contributed by atoms with Gasteiger partial charge in [0.15, 0.2) is 0 Å². The molecule has 0 bridgehead atoms. The fraction of sp³-hybridized carbons (Fsp3) is 1.00. The van der Waals surface area contributed by atoms with Crippen LogP contribution in [0.2, 0.25) is 0 Å². The molecule has 0 saturated carbocycles. The molecular formula is C8H17NO. The third-order valence-corrected chi connectivity index (χ3v) is 1.95. The molecule has 2 nitrogen and oxygen atoms in total. The van der Waals surface area contributed by atoms with Gasteiger partial charge in [0, 0.05) is 19.7 Å². The highest BCUT2D eigenvalue weighted by molar-refractivity contribution is 4.89. The first kappa shape index (κ1) is 8.02. The summed E-state index contributed by atoms with van der Waals surface area (Å²) in [5.41, 5.74) is 0.162. The normalized spacial score (nSPS) is 22.2. The van der Waals surface area contributed by atoms with Crippen molar-refractivity contribution in [2.75, 3.05) is 19.7 Å². The van der Waals surface area contributed by atoms with Crippen molar-refractivity contribution in [3.8, 4) is 0 Å². The highest BCUT2D eigenvalue weighted by atomic mass is 16.5. The van der Waals surface area contributed by atoms with E-state index in [0.717, 1.165) is 19.7 Å². The van der Waals surface area contributed by atoms with Crippen LogP contribution in [0.15, 0.2) is 0 Å². The maximum absolute atomic E-state index is 5.64. The van der Waals surface area contributed by atoms with Gasteiger partial charge >= 0.3 is 0 Å². The third-order valence-electron chi connectivity index (χ3n) is 1.95. The molecular weight excluding hydrogens is 126 g/mol. The Balaban J connectivity index is 2.01. The zero-order chi connectivity index (χ0) is 7.45. The van der Waals surface area contributed by atoms with Gasteiger partial charge in [-0.1, -0.05) is 13.3 Å². The number of nitrogens with one attached hydrogen (secondary N) is 1. The molecule has 1 saturated heterocycles. The van der Waals surface area contributed by atoms with E-state index in [1.165, 1.54) is 12.8 Å². The summed E-state index contributed by atoms with van der Waals surface area (Å²) in [5, 5.41) is 3.20. The topological polar surface area (TPSA) is 21.3 Å². The van der Waals surface area contributed by atoms with Crippen LogP contribution in [-0.2, 0) is 4.74 Å². The number of unbranched alkanes of at least 4 members (excludes halogenated alkanes) is 1. The van der Waals surface area contributed by atoms with E-state index < -0.39 is 0 Å². The van der Waals surface area contributed by atoms with E-state index in [2.05, 4.69) is 19.2 Å². The average molecular weight is 143 g/mol. The first-order chi connectivity index (χ1) is 4.77. The minimum atomic E-state index is 0.162. The number of hydrogen-bond acceptors (Lipinski definition) is 2. The summed E-state index contributed by atoms with van der Waals surface area (Å²) in [4.78, 5) is 0. The Morgan fingerprint density at radius 2 is 2.20 bits per heavy atom. The molecule has 0 amide bonds. The van der Waals surface area contributed by atoms with Crippen LogP contribution in [0.1, 0.15) is 26.7 Å². The monoisotopic (exact) mass is 143 g/mol. The van der Waals surface area contributed by atoms with Gasteiger partial charge in [-0.15, -0.1) is 0 Å². The molecule has 0 aromatic heterocycles. The van der Waals surface area contributed by atoms with Crippen molar-refractivity contribution in [2.45, 2.75) is 32.3 Å². The molecule has 10 heavy (non-hydrogen) atoms. The molecule has 2 heteroatoms. The maximum atomic E-state index is 5.64. The van der Waals surface area contributed by atoms with Crippen molar-refractivity contribution in [1.29, 1.82) is 0 Å². The van der Waals surface area contributed by atoms with Gasteiger partial charge in [-0.3, -0.25) is 0 Å². The second-order valence-electron chi connectivity index (χ2n) is 3.26. The van der Waals surface area contributed by atoms with Crippen molar-refractivity contribution >= 4 is 0 Å². The molecule has 1 rings (SSSR count). The van der Waals surface area contributed by atoms with Crippen LogP contribution in [0.3, 0.4) is 0 Å². The number of hydrogen-bond donors (Lipinski definition) is 1. The summed E-state index contributed by atoms with van der Waals surface area (Å²) in [6.45, 7) is 7.33. The van der Waals surface area contributed by atoms with E-state index >= 15 is 0 Å². The molecule has 0 aliphatic carbocycles. The van der Waals surface area contributed by atoms with Crippen LogP contribution < -0.4 is 5.32 Å². The summed E-state index contributed by atoms with van der Waals surface area (Å²) >= 11 is 0. The smallest absolute Gasteiger partial charge is 0.0901 e. The zero-order valence-electron chi connectivity index (χ0n) is 6.94. The van der Waals surface area contributed by atoms with E-state index in [1.54, 1.807) is 0 Å². The quantitative estimate of drug-likeness (QED) is 0.596. The largest absolute Gasteiger partial charge is 0.373 e. The predicted octanol–water partition coefficient (Wildman–Crippen LogP) is 1.17. The molecule has 0 aromatic rings. The molecule has 60 valence electrons. The Labute approximate surface area is 63.0 Å². The number of ether oxygens (including phenoxy) is 1. The first-order valence-corrected chi connectivity index (χ1v) is 4.11. The summed E-state index contributed by atoms with van der Waals surface area (Å²) < 4.78 is 5.64. The maximum Gasteiger partial charge on any atom is 0.0901 e. The van der Waals surface area contributed by atoms with Gasteiger partial charge in [0.05, 0.1) is 5.60 Å². The standard InChI is InChI=1S/C8H17NO/c1-3-4-5-10-8(2)6-9-7-8/h9H,3-7H2,1-2H3. The van der Waals surface area contributed by atoms with Gasteiger partial charge in [-0.25, -0.2) is 0 Å². The fourth-order valence-corrected chi connectivity index (χ4v) is 1.04. The molecule has 0 radical (unpaired) electrons. The Morgan fingerprint density at radius 3 is 2.60 bits per heavy atom. The van der Waals surface area contributed by atoms with Crippen molar-refractivity contribution in [2.24, 2.45) is 0 Å². The van der Waals surface area contributed by atoms with Gasteiger partial charge < -0.3 is 10.1 Å². The van der Waals surface area contributed by atoms with Gasteiger partial charge in [-0.2, -0.15) is 0 Å². The Kier molecular flexibility index (Phi) is 2.69. The van der Waals surface area contributed by atoms with Gasteiger partial charge in [-0.05, 0) is 13.3 Å². The van der Waals surface area contributed by atoms with Crippen LogP contribution >= 0.6 is 0 Å². The summed E-state index contributed by atoms with van der Waals surface area (Å²) in [7, 11) is 0. The Bertz CT molecular complexity index is 99.4. The minimum Gasteiger partial charge on any atom is -0.373 e. The zero-order valence-corrected chi connectivity index (χ0v) is 6.94. The lowest BCUT2D eigenvalue weighted by atomic mass is 10.0. The molecule has 1 aliphatic rings. The molecule has 1 heterocycles. The molecule has 0 unspecified atom stereocenters. The summed E-state index contributed by atoms with van der Waals surface area (Å²) in [6.07, 6.45) is 2.42. The average Bonchev–Trinajstić information content (AvgIpc) is 1.85. The summed E-state index contributed by atoms with van der Waals surface area (Å²) in [6, 6.07) is 0. The van der Waals surface area contributed by atoms with E-state index in [1.807, 2.05) is 0 Å². The highest BCUT2D eigenvalue weighted by Crippen LogP contribution is 2.15. The van der Waals surface area contributed by atoms with E-state index in [9.17, 15) is 0 Å². The van der Waals surface area contributed by atoms with Gasteiger partial charge in [0.2, 0.25) is 0 Å². The lowest BCUT2D eigenvalue weighted by Gasteiger charge is -2.39. The molecule has 1 N–H and O–H groups in total. The summed E-state index contributed by atoms with van der Waals surface area (Å²) in [5.74, 6) is 0.